The number of benzene rings is 2. The molecule has 0 radical (unpaired) electrons. The molecule has 0 aliphatic carbocycles. The Labute approximate surface area is 163 Å². The van der Waals surface area contributed by atoms with Crippen molar-refractivity contribution in [2.24, 2.45) is 5.92 Å². The van der Waals surface area contributed by atoms with E-state index in [2.05, 4.69) is 5.92 Å². The molecule has 0 saturated heterocycles. The van der Waals surface area contributed by atoms with Crippen molar-refractivity contribution in [3.05, 3.63) is 54.1 Å². The van der Waals surface area contributed by atoms with Gasteiger partial charge >= 0.3 is 5.97 Å². The van der Waals surface area contributed by atoms with E-state index in [-0.39, 0.29) is 18.1 Å². The van der Waals surface area contributed by atoms with Gasteiger partial charge in [0.15, 0.2) is 0 Å². The van der Waals surface area contributed by atoms with Crippen LogP contribution in [0.4, 0.5) is 0 Å². The molecule has 0 bridgehead atoms. The molecule has 0 spiro atoms. The standard InChI is InChI=1S/C21H20O5S/c1-4-5-19(21(23)27-18-12-10-17(25-3)11-13-18)20(22)26-14-15-6-8-16(24-2)9-7-15/h1,6-13,19H,5,14H2,2-3H3. The van der Waals surface area contributed by atoms with Crippen LogP contribution in [0.1, 0.15) is 12.0 Å². The Morgan fingerprint density at radius 3 is 2.07 bits per heavy atom. The molecule has 1 unspecified atom stereocenters. The molecule has 0 aliphatic rings. The van der Waals surface area contributed by atoms with Gasteiger partial charge in [-0.2, -0.15) is 0 Å². The van der Waals surface area contributed by atoms with Crippen LogP contribution in [-0.2, 0) is 20.9 Å². The predicted octanol–water partition coefficient (Wildman–Crippen LogP) is 3.71. The van der Waals surface area contributed by atoms with Crippen LogP contribution < -0.4 is 9.47 Å². The van der Waals surface area contributed by atoms with Gasteiger partial charge in [0.2, 0.25) is 5.12 Å². The molecule has 0 aromatic heterocycles. The summed E-state index contributed by atoms with van der Waals surface area (Å²) in [4.78, 5) is 25.6. The number of ether oxygens (including phenoxy) is 3. The third kappa shape index (κ3) is 6.08. The lowest BCUT2D eigenvalue weighted by Gasteiger charge is -2.13. The maximum atomic E-state index is 12.5. The van der Waals surface area contributed by atoms with Crippen molar-refractivity contribution in [1.82, 2.24) is 0 Å². The second kappa shape index (κ2) is 10.3. The minimum absolute atomic E-state index is 0.0105. The predicted molar refractivity (Wildman–Crippen MR) is 104 cm³/mol. The normalized spacial score (nSPS) is 11.1. The van der Waals surface area contributed by atoms with E-state index in [1.54, 1.807) is 62.8 Å². The number of hydrogen-bond donors (Lipinski definition) is 0. The van der Waals surface area contributed by atoms with Crippen LogP contribution in [0.5, 0.6) is 11.5 Å². The first kappa shape index (κ1) is 20.4. The molecule has 27 heavy (non-hydrogen) atoms. The molecule has 140 valence electrons. The molecule has 6 heteroatoms. The average Bonchev–Trinajstić information content (AvgIpc) is 2.71. The van der Waals surface area contributed by atoms with Crippen LogP contribution in [0.25, 0.3) is 0 Å². The van der Waals surface area contributed by atoms with Crippen LogP contribution >= 0.6 is 11.8 Å². The zero-order valence-electron chi connectivity index (χ0n) is 15.1. The molecule has 2 rings (SSSR count). The molecule has 0 heterocycles. The molecule has 2 aromatic carbocycles. The quantitative estimate of drug-likeness (QED) is 0.299. The third-order valence-corrected chi connectivity index (χ3v) is 4.70. The van der Waals surface area contributed by atoms with E-state index in [9.17, 15) is 9.59 Å². The van der Waals surface area contributed by atoms with Crippen LogP contribution in [0.15, 0.2) is 53.4 Å². The number of terminal acetylenes is 1. The van der Waals surface area contributed by atoms with Crippen LogP contribution in [0, 0.1) is 18.3 Å². The Bertz CT molecular complexity index is 806. The summed E-state index contributed by atoms with van der Waals surface area (Å²) in [6.07, 6.45) is 5.32. The van der Waals surface area contributed by atoms with Crippen molar-refractivity contribution in [1.29, 1.82) is 0 Å². The number of thioether (sulfide) groups is 1. The Hall–Kier alpha value is -2.91. The maximum absolute atomic E-state index is 12.5. The Kier molecular flexibility index (Phi) is 7.78. The zero-order chi connectivity index (χ0) is 19.6. The van der Waals surface area contributed by atoms with Crippen molar-refractivity contribution in [2.45, 2.75) is 17.9 Å². The number of carbonyl (C=O) groups is 2. The second-order valence-corrected chi connectivity index (χ2v) is 6.59. The maximum Gasteiger partial charge on any atom is 0.318 e. The first-order valence-electron chi connectivity index (χ1n) is 8.16. The number of carbonyl (C=O) groups excluding carboxylic acids is 2. The lowest BCUT2D eigenvalue weighted by Crippen LogP contribution is -2.24. The van der Waals surface area contributed by atoms with Gasteiger partial charge in [0.25, 0.3) is 0 Å². The lowest BCUT2D eigenvalue weighted by atomic mass is 10.1. The minimum Gasteiger partial charge on any atom is -0.497 e. The summed E-state index contributed by atoms with van der Waals surface area (Å²) in [6.45, 7) is 0.0599. The van der Waals surface area contributed by atoms with E-state index in [1.165, 1.54) is 0 Å². The van der Waals surface area contributed by atoms with Gasteiger partial charge in [0.1, 0.15) is 24.0 Å². The van der Waals surface area contributed by atoms with Gasteiger partial charge < -0.3 is 14.2 Å². The van der Waals surface area contributed by atoms with E-state index in [1.807, 2.05) is 0 Å². The number of esters is 1. The van der Waals surface area contributed by atoms with Gasteiger partial charge in [-0.3, -0.25) is 9.59 Å². The average molecular weight is 384 g/mol. The largest absolute Gasteiger partial charge is 0.497 e. The van der Waals surface area contributed by atoms with Crippen molar-refractivity contribution in [3.8, 4) is 23.8 Å². The van der Waals surface area contributed by atoms with Gasteiger partial charge in [-0.15, -0.1) is 12.3 Å². The van der Waals surface area contributed by atoms with E-state index in [0.717, 1.165) is 17.3 Å². The first-order chi connectivity index (χ1) is 13.1. The fourth-order valence-corrected chi connectivity index (χ4v) is 3.01. The fraction of sp³-hybridized carbons (Fsp3) is 0.238. The SMILES string of the molecule is C#CCC(C(=O)OCc1ccc(OC)cc1)C(=O)Sc1ccc(OC)cc1. The van der Waals surface area contributed by atoms with Gasteiger partial charge in [-0.25, -0.2) is 0 Å². The van der Waals surface area contributed by atoms with Crippen molar-refractivity contribution < 1.29 is 23.8 Å². The molecule has 1 atom stereocenters. The lowest BCUT2D eigenvalue weighted by molar-refractivity contribution is -0.151. The Morgan fingerprint density at radius 1 is 1.00 bits per heavy atom. The number of methoxy groups -OCH3 is 2. The van der Waals surface area contributed by atoms with Crippen LogP contribution in [0.3, 0.4) is 0 Å². The summed E-state index contributed by atoms with van der Waals surface area (Å²) >= 11 is 0.958. The highest BCUT2D eigenvalue weighted by Crippen LogP contribution is 2.26. The topological polar surface area (TPSA) is 61.8 Å². The first-order valence-corrected chi connectivity index (χ1v) is 8.97. The number of hydrogen-bond acceptors (Lipinski definition) is 6. The minimum atomic E-state index is -1.01. The van der Waals surface area contributed by atoms with E-state index >= 15 is 0 Å². The van der Waals surface area contributed by atoms with Crippen molar-refractivity contribution in [3.63, 3.8) is 0 Å². The molecular formula is C21H20O5S. The summed E-state index contributed by atoms with van der Waals surface area (Å²) in [5.41, 5.74) is 0.791. The highest BCUT2D eigenvalue weighted by atomic mass is 32.2. The van der Waals surface area contributed by atoms with Gasteiger partial charge in [0.05, 0.1) is 14.2 Å². The summed E-state index contributed by atoms with van der Waals surface area (Å²) in [5, 5.41) is -0.349. The van der Waals surface area contributed by atoms with E-state index in [4.69, 9.17) is 20.6 Å². The highest BCUT2D eigenvalue weighted by molar-refractivity contribution is 8.13. The number of rotatable bonds is 8. The summed E-state index contributed by atoms with van der Waals surface area (Å²) in [5.74, 6) is 2.13. The summed E-state index contributed by atoms with van der Waals surface area (Å²) < 4.78 is 15.4. The Balaban J connectivity index is 1.97. The van der Waals surface area contributed by atoms with Gasteiger partial charge in [-0.05, 0) is 42.0 Å². The molecular weight excluding hydrogens is 364 g/mol. The molecule has 0 amide bonds. The van der Waals surface area contributed by atoms with E-state index < -0.39 is 11.9 Å². The molecule has 0 N–H and O–H groups in total. The van der Waals surface area contributed by atoms with Gasteiger partial charge in [-0.1, -0.05) is 23.9 Å². The highest BCUT2D eigenvalue weighted by Gasteiger charge is 2.28. The second-order valence-electron chi connectivity index (χ2n) is 5.51. The monoisotopic (exact) mass is 384 g/mol. The Morgan fingerprint density at radius 2 is 1.56 bits per heavy atom. The fourth-order valence-electron chi connectivity index (χ4n) is 2.19. The van der Waals surface area contributed by atoms with Crippen LogP contribution in [-0.4, -0.2) is 25.3 Å². The van der Waals surface area contributed by atoms with Crippen molar-refractivity contribution in [2.75, 3.05) is 14.2 Å². The smallest absolute Gasteiger partial charge is 0.318 e. The summed E-state index contributed by atoms with van der Waals surface area (Å²) in [6, 6.07) is 14.1. The molecule has 0 fully saturated rings. The molecule has 2 aromatic rings. The molecule has 5 nitrogen and oxygen atoms in total. The summed E-state index contributed by atoms with van der Waals surface area (Å²) in [7, 11) is 3.14. The van der Waals surface area contributed by atoms with Gasteiger partial charge in [0, 0.05) is 11.3 Å². The van der Waals surface area contributed by atoms with Crippen LogP contribution in [0.2, 0.25) is 0 Å². The molecule has 0 aliphatic heterocycles. The molecule has 0 saturated carbocycles. The van der Waals surface area contributed by atoms with Crippen molar-refractivity contribution >= 4 is 22.8 Å². The van der Waals surface area contributed by atoms with E-state index in [0.29, 0.717) is 16.4 Å². The third-order valence-electron chi connectivity index (χ3n) is 3.71. The zero-order valence-corrected chi connectivity index (χ0v) is 16.0.